The highest BCUT2D eigenvalue weighted by atomic mass is 16.3. The van der Waals surface area contributed by atoms with E-state index in [1.165, 1.54) is 12.8 Å². The molecule has 2 rings (SSSR count). The summed E-state index contributed by atoms with van der Waals surface area (Å²) in [4.78, 5) is 0. The smallest absolute Gasteiger partial charge is 0.0909 e. The number of hydrogen-bond acceptors (Lipinski definition) is 3. The maximum Gasteiger partial charge on any atom is 0.0909 e. The van der Waals surface area contributed by atoms with Gasteiger partial charge in [0.2, 0.25) is 0 Å². The number of hydrogen-bond donors (Lipinski definition) is 2. The van der Waals surface area contributed by atoms with Gasteiger partial charge in [-0.3, -0.25) is 4.68 Å². The molecule has 0 saturated heterocycles. The van der Waals surface area contributed by atoms with E-state index < -0.39 is 11.7 Å². The summed E-state index contributed by atoms with van der Waals surface area (Å²) in [6.07, 6.45) is 6.51. The van der Waals surface area contributed by atoms with Crippen molar-refractivity contribution in [1.82, 2.24) is 9.78 Å². The summed E-state index contributed by atoms with van der Waals surface area (Å²) in [7, 11) is 0. The highest BCUT2D eigenvalue weighted by molar-refractivity contribution is 5.12. The van der Waals surface area contributed by atoms with Crippen molar-refractivity contribution < 1.29 is 10.2 Å². The van der Waals surface area contributed by atoms with Crippen molar-refractivity contribution in [2.45, 2.75) is 83.5 Å². The first-order valence-corrected chi connectivity index (χ1v) is 8.05. The van der Waals surface area contributed by atoms with Crippen LogP contribution >= 0.6 is 0 Å². The first-order chi connectivity index (χ1) is 9.59. The van der Waals surface area contributed by atoms with E-state index in [9.17, 15) is 10.2 Å². The Kier molecular flexibility index (Phi) is 5.22. The second kappa shape index (κ2) is 6.72. The predicted octanol–water partition coefficient (Wildman–Crippen LogP) is 2.45. The van der Waals surface area contributed by atoms with Gasteiger partial charge in [0.05, 0.1) is 17.4 Å². The number of rotatable bonds is 5. The van der Waals surface area contributed by atoms with Crippen molar-refractivity contribution >= 4 is 0 Å². The summed E-state index contributed by atoms with van der Waals surface area (Å²) in [5, 5.41) is 25.8. The van der Waals surface area contributed by atoms with E-state index >= 15 is 0 Å². The molecule has 1 aromatic heterocycles. The summed E-state index contributed by atoms with van der Waals surface area (Å²) < 4.78 is 1.95. The molecule has 0 amide bonds. The molecule has 4 heteroatoms. The molecule has 20 heavy (non-hydrogen) atoms. The van der Waals surface area contributed by atoms with Crippen molar-refractivity contribution in [1.29, 1.82) is 0 Å². The minimum absolute atomic E-state index is 0.497. The van der Waals surface area contributed by atoms with Crippen LogP contribution in [-0.2, 0) is 19.4 Å². The molecule has 1 unspecified atom stereocenters. The molecule has 1 saturated carbocycles. The molecule has 0 radical (unpaired) electrons. The van der Waals surface area contributed by atoms with Crippen LogP contribution in [0.3, 0.4) is 0 Å². The molecule has 0 aromatic carbocycles. The molecule has 1 fully saturated rings. The van der Waals surface area contributed by atoms with Crippen molar-refractivity contribution in [3.8, 4) is 0 Å². The molecule has 0 spiro atoms. The Morgan fingerprint density at radius 2 is 1.90 bits per heavy atom. The van der Waals surface area contributed by atoms with E-state index in [1.807, 2.05) is 4.68 Å². The normalized spacial score (nSPS) is 20.6. The number of nitrogens with zero attached hydrogens (tertiary/aromatic N) is 2. The van der Waals surface area contributed by atoms with Crippen LogP contribution in [0.5, 0.6) is 0 Å². The van der Waals surface area contributed by atoms with Gasteiger partial charge in [-0.05, 0) is 32.3 Å². The summed E-state index contributed by atoms with van der Waals surface area (Å²) in [6, 6.07) is 2.06. The second-order valence-electron chi connectivity index (χ2n) is 6.03. The van der Waals surface area contributed by atoms with Gasteiger partial charge in [-0.15, -0.1) is 0 Å². The third-order valence-electron chi connectivity index (χ3n) is 4.57. The first kappa shape index (κ1) is 15.5. The Morgan fingerprint density at radius 3 is 2.45 bits per heavy atom. The molecular formula is C16H28N2O2. The first-order valence-electron chi connectivity index (χ1n) is 8.05. The SMILES string of the molecule is CCc1cc(CC(O)C2(O)CCCCCC2)n(CC)n1. The van der Waals surface area contributed by atoms with Crippen LogP contribution in [0.1, 0.15) is 63.8 Å². The van der Waals surface area contributed by atoms with E-state index in [1.54, 1.807) is 0 Å². The molecule has 4 nitrogen and oxygen atoms in total. The molecule has 114 valence electrons. The lowest BCUT2D eigenvalue weighted by Crippen LogP contribution is -2.43. The molecule has 1 aromatic rings. The second-order valence-corrected chi connectivity index (χ2v) is 6.03. The number of aliphatic hydroxyl groups is 2. The van der Waals surface area contributed by atoms with E-state index in [0.29, 0.717) is 6.42 Å². The lowest BCUT2D eigenvalue weighted by Gasteiger charge is -2.32. The van der Waals surface area contributed by atoms with Gasteiger partial charge in [-0.2, -0.15) is 5.10 Å². The molecule has 1 aliphatic carbocycles. The Labute approximate surface area is 121 Å². The molecule has 2 N–H and O–H groups in total. The quantitative estimate of drug-likeness (QED) is 0.815. The Hall–Kier alpha value is -0.870. The fourth-order valence-electron chi connectivity index (χ4n) is 3.19. The average molecular weight is 280 g/mol. The van der Waals surface area contributed by atoms with E-state index in [-0.39, 0.29) is 0 Å². The Balaban J connectivity index is 2.09. The summed E-state index contributed by atoms with van der Waals surface area (Å²) in [5.74, 6) is 0. The minimum Gasteiger partial charge on any atom is -0.390 e. The van der Waals surface area contributed by atoms with Crippen molar-refractivity contribution in [2.24, 2.45) is 0 Å². The van der Waals surface area contributed by atoms with E-state index in [0.717, 1.165) is 50.0 Å². The van der Waals surface area contributed by atoms with E-state index in [4.69, 9.17) is 0 Å². The maximum atomic E-state index is 10.7. The Morgan fingerprint density at radius 1 is 1.25 bits per heavy atom. The molecule has 1 atom stereocenters. The number of aromatic nitrogens is 2. The number of aliphatic hydroxyl groups excluding tert-OH is 1. The molecule has 1 heterocycles. The predicted molar refractivity (Wildman–Crippen MR) is 79.6 cm³/mol. The van der Waals surface area contributed by atoms with Gasteiger partial charge in [0, 0.05) is 18.7 Å². The monoisotopic (exact) mass is 280 g/mol. The van der Waals surface area contributed by atoms with Crippen LogP contribution in [0.4, 0.5) is 0 Å². The van der Waals surface area contributed by atoms with Gasteiger partial charge in [0.25, 0.3) is 0 Å². The fourth-order valence-corrected chi connectivity index (χ4v) is 3.19. The van der Waals surface area contributed by atoms with Crippen LogP contribution in [0.15, 0.2) is 6.07 Å². The zero-order chi connectivity index (χ0) is 14.6. The largest absolute Gasteiger partial charge is 0.390 e. The highest BCUT2D eigenvalue weighted by Gasteiger charge is 2.36. The van der Waals surface area contributed by atoms with Gasteiger partial charge < -0.3 is 10.2 Å². The van der Waals surface area contributed by atoms with Crippen LogP contribution in [0.2, 0.25) is 0 Å². The van der Waals surface area contributed by atoms with Crippen LogP contribution in [0, 0.1) is 0 Å². The van der Waals surface area contributed by atoms with Gasteiger partial charge in [-0.25, -0.2) is 0 Å². The topological polar surface area (TPSA) is 58.3 Å². The number of aryl methyl sites for hydroxylation is 2. The standard InChI is InChI=1S/C16H28N2O2/c1-3-13-11-14(18(4-2)17-13)12-15(19)16(20)9-7-5-6-8-10-16/h11,15,19-20H,3-10,12H2,1-2H3. The summed E-state index contributed by atoms with van der Waals surface area (Å²) in [6.45, 7) is 4.95. The maximum absolute atomic E-state index is 10.7. The zero-order valence-electron chi connectivity index (χ0n) is 12.8. The molecule has 0 aliphatic heterocycles. The van der Waals surface area contributed by atoms with Crippen LogP contribution in [-0.4, -0.2) is 31.7 Å². The Bertz CT molecular complexity index is 420. The molecule has 0 bridgehead atoms. The van der Waals surface area contributed by atoms with Crippen LogP contribution in [0.25, 0.3) is 0 Å². The van der Waals surface area contributed by atoms with Crippen LogP contribution < -0.4 is 0 Å². The van der Waals surface area contributed by atoms with Gasteiger partial charge in [0.15, 0.2) is 0 Å². The molecular weight excluding hydrogens is 252 g/mol. The summed E-state index contributed by atoms with van der Waals surface area (Å²) >= 11 is 0. The lowest BCUT2D eigenvalue weighted by atomic mass is 9.86. The van der Waals surface area contributed by atoms with Crippen molar-refractivity contribution in [2.75, 3.05) is 0 Å². The van der Waals surface area contributed by atoms with E-state index in [2.05, 4.69) is 25.0 Å². The molecule has 1 aliphatic rings. The third kappa shape index (κ3) is 3.41. The zero-order valence-corrected chi connectivity index (χ0v) is 12.8. The minimum atomic E-state index is -0.911. The van der Waals surface area contributed by atoms with Crippen molar-refractivity contribution in [3.05, 3.63) is 17.5 Å². The van der Waals surface area contributed by atoms with Gasteiger partial charge >= 0.3 is 0 Å². The summed E-state index contributed by atoms with van der Waals surface area (Å²) in [5.41, 5.74) is 1.18. The van der Waals surface area contributed by atoms with Gasteiger partial charge in [0.1, 0.15) is 0 Å². The average Bonchev–Trinajstić information content (AvgIpc) is 2.70. The van der Waals surface area contributed by atoms with Crippen molar-refractivity contribution in [3.63, 3.8) is 0 Å². The third-order valence-corrected chi connectivity index (χ3v) is 4.57. The fraction of sp³-hybridized carbons (Fsp3) is 0.812. The highest BCUT2D eigenvalue weighted by Crippen LogP contribution is 2.31. The lowest BCUT2D eigenvalue weighted by molar-refractivity contribution is -0.0843. The van der Waals surface area contributed by atoms with Gasteiger partial charge in [-0.1, -0.05) is 32.6 Å².